The maximum absolute atomic E-state index is 12.7. The molecule has 0 bridgehead atoms. The third-order valence-corrected chi connectivity index (χ3v) is 3.49. The predicted molar refractivity (Wildman–Crippen MR) is 64.6 cm³/mol. The third kappa shape index (κ3) is 3.08. The number of alkyl halides is 3. The number of aromatic nitrogens is 1. The highest BCUT2D eigenvalue weighted by molar-refractivity contribution is 7.99. The lowest BCUT2D eigenvalue weighted by atomic mass is 10.1. The molecule has 1 aromatic rings. The lowest BCUT2D eigenvalue weighted by molar-refractivity contribution is -0.138. The minimum Gasteiger partial charge on any atom is -0.410 e. The second-order valence-corrected chi connectivity index (χ2v) is 4.93. The minimum atomic E-state index is -4.47. The molecule has 0 aromatic carbocycles. The van der Waals surface area contributed by atoms with Crippen molar-refractivity contribution in [2.75, 3.05) is 5.75 Å². The molecule has 18 heavy (non-hydrogen) atoms. The molecule has 1 heterocycles. The van der Waals surface area contributed by atoms with Gasteiger partial charge in [-0.1, -0.05) is 23.7 Å². The van der Waals surface area contributed by atoms with E-state index in [2.05, 4.69) is 10.1 Å². The number of hydrogen-bond donors (Lipinski definition) is 1. The van der Waals surface area contributed by atoms with E-state index in [1.54, 1.807) is 6.92 Å². The summed E-state index contributed by atoms with van der Waals surface area (Å²) in [6, 6.07) is 0. The van der Waals surface area contributed by atoms with E-state index < -0.39 is 11.7 Å². The largest absolute Gasteiger partial charge is 0.418 e. The smallest absolute Gasteiger partial charge is 0.410 e. The highest BCUT2D eigenvalue weighted by Gasteiger charge is 2.34. The van der Waals surface area contributed by atoms with E-state index in [-0.39, 0.29) is 21.3 Å². The van der Waals surface area contributed by atoms with Crippen molar-refractivity contribution in [3.8, 4) is 0 Å². The second-order valence-electron chi connectivity index (χ2n) is 3.30. The second kappa shape index (κ2) is 5.79. The normalized spacial score (nSPS) is 12.9. The fourth-order valence-corrected chi connectivity index (χ4v) is 2.49. The Bertz CT molecular complexity index is 477. The number of nitrogens with zero attached hydrogens (tertiary/aromatic N) is 2. The van der Waals surface area contributed by atoms with E-state index in [4.69, 9.17) is 16.8 Å². The van der Waals surface area contributed by atoms with Crippen molar-refractivity contribution < 1.29 is 18.4 Å². The molecule has 0 spiro atoms. The van der Waals surface area contributed by atoms with Crippen LogP contribution in [-0.2, 0) is 6.18 Å². The van der Waals surface area contributed by atoms with Crippen LogP contribution in [0.3, 0.4) is 0 Å². The zero-order valence-electron chi connectivity index (χ0n) is 9.55. The Hall–Kier alpha value is -0.950. The molecule has 1 rings (SSSR count). The molecule has 0 fully saturated rings. The zero-order chi connectivity index (χ0) is 13.9. The molecule has 0 aliphatic rings. The standard InChI is InChI=1S/C10H10ClF3N2OS/c1-3-18-8-5(2)6(10(12,13)14)4-15-7(8)9(11)16-17/h4,17H,3H2,1-2H3. The molecule has 0 amide bonds. The van der Waals surface area contributed by atoms with Gasteiger partial charge in [0.2, 0.25) is 0 Å². The average Bonchev–Trinajstić information content (AvgIpc) is 2.29. The summed E-state index contributed by atoms with van der Waals surface area (Å²) in [5, 5.41) is 11.0. The van der Waals surface area contributed by atoms with E-state index in [1.165, 1.54) is 6.92 Å². The Morgan fingerprint density at radius 3 is 2.61 bits per heavy atom. The van der Waals surface area contributed by atoms with Crippen LogP contribution in [0, 0.1) is 6.92 Å². The van der Waals surface area contributed by atoms with Crippen LogP contribution in [0.4, 0.5) is 13.2 Å². The quantitative estimate of drug-likeness (QED) is 0.398. The van der Waals surface area contributed by atoms with Crippen molar-refractivity contribution in [2.45, 2.75) is 24.9 Å². The summed E-state index contributed by atoms with van der Waals surface area (Å²) in [4.78, 5) is 3.90. The van der Waals surface area contributed by atoms with Crippen LogP contribution in [0.25, 0.3) is 0 Å². The number of halogens is 4. The first kappa shape index (κ1) is 15.1. The first-order valence-electron chi connectivity index (χ1n) is 4.90. The molecule has 0 aliphatic heterocycles. The average molecular weight is 299 g/mol. The first-order valence-corrected chi connectivity index (χ1v) is 6.26. The lowest BCUT2D eigenvalue weighted by Crippen LogP contribution is -2.12. The van der Waals surface area contributed by atoms with Gasteiger partial charge in [-0.3, -0.25) is 4.98 Å². The topological polar surface area (TPSA) is 45.5 Å². The monoisotopic (exact) mass is 298 g/mol. The van der Waals surface area contributed by atoms with Gasteiger partial charge in [0.25, 0.3) is 0 Å². The highest BCUT2D eigenvalue weighted by Crippen LogP contribution is 2.37. The molecule has 1 aromatic heterocycles. The number of rotatable bonds is 3. The maximum atomic E-state index is 12.7. The summed E-state index contributed by atoms with van der Waals surface area (Å²) < 4.78 is 38.2. The summed E-state index contributed by atoms with van der Waals surface area (Å²) in [5.74, 6) is 0.548. The molecule has 0 unspecified atom stereocenters. The molecule has 3 nitrogen and oxygen atoms in total. The van der Waals surface area contributed by atoms with Gasteiger partial charge in [0, 0.05) is 11.1 Å². The Balaban J connectivity index is 3.47. The van der Waals surface area contributed by atoms with E-state index in [0.29, 0.717) is 11.9 Å². The molecule has 8 heteroatoms. The zero-order valence-corrected chi connectivity index (χ0v) is 11.1. The van der Waals surface area contributed by atoms with Gasteiger partial charge in [-0.2, -0.15) is 13.2 Å². The molecular formula is C10H10ClF3N2OS. The van der Waals surface area contributed by atoms with E-state index in [1.807, 2.05) is 0 Å². The summed E-state index contributed by atoms with van der Waals surface area (Å²) in [6.45, 7) is 3.13. The van der Waals surface area contributed by atoms with Crippen molar-refractivity contribution in [1.29, 1.82) is 0 Å². The van der Waals surface area contributed by atoms with Gasteiger partial charge in [-0.15, -0.1) is 11.8 Å². The van der Waals surface area contributed by atoms with Gasteiger partial charge < -0.3 is 5.21 Å². The fourth-order valence-electron chi connectivity index (χ4n) is 1.39. The molecular weight excluding hydrogens is 289 g/mol. The van der Waals surface area contributed by atoms with Crippen molar-refractivity contribution >= 4 is 28.5 Å². The summed E-state index contributed by atoms with van der Waals surface area (Å²) >= 11 is 6.78. The molecule has 0 radical (unpaired) electrons. The van der Waals surface area contributed by atoms with Gasteiger partial charge >= 0.3 is 6.18 Å². The van der Waals surface area contributed by atoms with Gasteiger partial charge in [-0.25, -0.2) is 0 Å². The highest BCUT2D eigenvalue weighted by atomic mass is 35.5. The van der Waals surface area contributed by atoms with Gasteiger partial charge in [0.05, 0.1) is 5.56 Å². The molecule has 0 saturated carbocycles. The summed E-state index contributed by atoms with van der Waals surface area (Å²) in [5.41, 5.74) is -0.734. The SMILES string of the molecule is CCSc1c(C(Cl)=NO)ncc(C(F)(F)F)c1C. The molecule has 1 N–H and O–H groups in total. The van der Waals surface area contributed by atoms with Crippen LogP contribution in [-0.4, -0.2) is 21.1 Å². The first-order chi connectivity index (χ1) is 8.32. The molecule has 0 aliphatic carbocycles. The predicted octanol–water partition coefficient (Wildman–Crippen LogP) is 3.90. The Labute approximate surface area is 111 Å². The third-order valence-electron chi connectivity index (χ3n) is 2.16. The van der Waals surface area contributed by atoms with E-state index in [0.717, 1.165) is 11.8 Å². The Kier molecular flexibility index (Phi) is 4.86. The van der Waals surface area contributed by atoms with Gasteiger partial charge in [-0.05, 0) is 18.2 Å². The van der Waals surface area contributed by atoms with Crippen molar-refractivity contribution in [1.82, 2.24) is 4.98 Å². The Morgan fingerprint density at radius 2 is 2.17 bits per heavy atom. The minimum absolute atomic E-state index is 0.0288. The van der Waals surface area contributed by atoms with Crippen molar-refractivity contribution in [2.24, 2.45) is 5.16 Å². The number of thioether (sulfide) groups is 1. The van der Waals surface area contributed by atoms with E-state index in [9.17, 15) is 13.2 Å². The van der Waals surface area contributed by atoms with Crippen LogP contribution in [0.15, 0.2) is 16.2 Å². The maximum Gasteiger partial charge on any atom is 0.418 e. The summed E-state index contributed by atoms with van der Waals surface area (Å²) in [7, 11) is 0. The number of oxime groups is 1. The summed E-state index contributed by atoms with van der Waals surface area (Å²) in [6.07, 6.45) is -3.78. The van der Waals surface area contributed by atoms with Crippen molar-refractivity contribution in [3.63, 3.8) is 0 Å². The van der Waals surface area contributed by atoms with Crippen LogP contribution in [0.1, 0.15) is 23.7 Å². The van der Waals surface area contributed by atoms with Gasteiger partial charge in [0.1, 0.15) is 5.69 Å². The molecule has 0 saturated heterocycles. The van der Waals surface area contributed by atoms with Crippen LogP contribution >= 0.6 is 23.4 Å². The lowest BCUT2D eigenvalue weighted by Gasteiger charge is -2.15. The van der Waals surface area contributed by atoms with Crippen LogP contribution in [0.5, 0.6) is 0 Å². The molecule has 0 atom stereocenters. The van der Waals surface area contributed by atoms with Crippen molar-refractivity contribution in [3.05, 3.63) is 23.0 Å². The van der Waals surface area contributed by atoms with Crippen LogP contribution < -0.4 is 0 Å². The number of pyridine rings is 1. The van der Waals surface area contributed by atoms with E-state index >= 15 is 0 Å². The van der Waals surface area contributed by atoms with Gasteiger partial charge in [0.15, 0.2) is 5.17 Å². The number of hydrogen-bond acceptors (Lipinski definition) is 4. The van der Waals surface area contributed by atoms with Crippen LogP contribution in [0.2, 0.25) is 0 Å². The molecule has 100 valence electrons. The Morgan fingerprint density at radius 1 is 1.56 bits per heavy atom. The fraction of sp³-hybridized carbons (Fsp3) is 0.400.